The maximum atomic E-state index is 8.84. The molecular formula is C14H23O3P. The second-order valence-electron chi connectivity index (χ2n) is 4.36. The van der Waals surface area contributed by atoms with Crippen molar-refractivity contribution in [3.63, 3.8) is 0 Å². The third-order valence-electron chi connectivity index (χ3n) is 2.78. The molecule has 0 aliphatic carbocycles. The van der Waals surface area contributed by atoms with Crippen molar-refractivity contribution in [3.05, 3.63) is 29.8 Å². The van der Waals surface area contributed by atoms with Crippen LogP contribution in [0.3, 0.4) is 0 Å². The van der Waals surface area contributed by atoms with Crippen LogP contribution in [0.15, 0.2) is 24.3 Å². The molecule has 1 rings (SSSR count). The molecule has 3 nitrogen and oxygen atoms in total. The molecule has 18 heavy (non-hydrogen) atoms. The second-order valence-corrected chi connectivity index (χ2v) is 5.55. The molecule has 0 aromatic heterocycles. The monoisotopic (exact) mass is 270 g/mol. The Kier molecular flexibility index (Phi) is 7.99. The minimum atomic E-state index is -1.73. The van der Waals surface area contributed by atoms with Crippen LogP contribution in [0.25, 0.3) is 0 Å². The van der Waals surface area contributed by atoms with Gasteiger partial charge in [-0.2, -0.15) is 0 Å². The van der Waals surface area contributed by atoms with Crippen molar-refractivity contribution in [3.8, 4) is 5.75 Å². The van der Waals surface area contributed by atoms with Crippen molar-refractivity contribution in [2.24, 2.45) is 0 Å². The summed E-state index contributed by atoms with van der Waals surface area (Å²) in [5, 5.41) is 0. The number of rotatable bonds is 9. The van der Waals surface area contributed by atoms with Crippen molar-refractivity contribution in [2.45, 2.75) is 39.0 Å². The highest BCUT2D eigenvalue weighted by Crippen LogP contribution is 2.26. The highest BCUT2D eigenvalue weighted by Gasteiger charge is 2.04. The van der Waals surface area contributed by atoms with E-state index in [0.717, 1.165) is 44.5 Å². The Bertz CT molecular complexity index is 329. The van der Waals surface area contributed by atoms with Crippen molar-refractivity contribution >= 4 is 8.38 Å². The fraction of sp³-hybridized carbons (Fsp3) is 0.571. The standard InChI is InChI=1S/C14H23O3P/c1-2-3-11-17-14-10-5-4-8-13(14)9-6-7-12-18(15)16/h4-5,8,10,15-16H,2-3,6-7,9,11-12H2,1H3. The van der Waals surface area contributed by atoms with Crippen molar-refractivity contribution < 1.29 is 14.5 Å². The van der Waals surface area contributed by atoms with Crippen molar-refractivity contribution in [2.75, 3.05) is 12.8 Å². The van der Waals surface area contributed by atoms with E-state index >= 15 is 0 Å². The quantitative estimate of drug-likeness (QED) is 0.533. The van der Waals surface area contributed by atoms with Gasteiger partial charge in [0.2, 0.25) is 0 Å². The highest BCUT2D eigenvalue weighted by atomic mass is 31.2. The summed E-state index contributed by atoms with van der Waals surface area (Å²) in [7, 11) is -1.73. The Hall–Kier alpha value is -0.630. The molecular weight excluding hydrogens is 247 g/mol. The molecule has 0 unspecified atom stereocenters. The van der Waals surface area contributed by atoms with Gasteiger partial charge < -0.3 is 14.5 Å². The second kappa shape index (κ2) is 9.32. The van der Waals surface area contributed by atoms with Gasteiger partial charge in [0.25, 0.3) is 0 Å². The summed E-state index contributed by atoms with van der Waals surface area (Å²) in [6, 6.07) is 8.11. The van der Waals surface area contributed by atoms with Gasteiger partial charge in [0, 0.05) is 6.16 Å². The maximum absolute atomic E-state index is 8.84. The summed E-state index contributed by atoms with van der Waals surface area (Å²) in [5.74, 6) is 0.973. The SMILES string of the molecule is CCCCOc1ccccc1CCCCP(O)O. The minimum absolute atomic E-state index is 0.508. The van der Waals surface area contributed by atoms with Gasteiger partial charge in [0.1, 0.15) is 5.75 Å². The summed E-state index contributed by atoms with van der Waals surface area (Å²) < 4.78 is 5.76. The van der Waals surface area contributed by atoms with Crippen LogP contribution in [-0.2, 0) is 6.42 Å². The lowest BCUT2D eigenvalue weighted by atomic mass is 10.1. The number of benzene rings is 1. The van der Waals surface area contributed by atoms with E-state index in [4.69, 9.17) is 14.5 Å². The van der Waals surface area contributed by atoms with Gasteiger partial charge >= 0.3 is 0 Å². The molecule has 0 amide bonds. The van der Waals surface area contributed by atoms with E-state index < -0.39 is 8.38 Å². The molecule has 0 aliphatic heterocycles. The Morgan fingerprint density at radius 3 is 2.61 bits per heavy atom. The van der Waals surface area contributed by atoms with Crippen LogP contribution >= 0.6 is 8.38 Å². The molecule has 102 valence electrons. The molecule has 0 heterocycles. The summed E-state index contributed by atoms with van der Waals surface area (Å²) in [6.07, 6.45) is 5.47. The average Bonchev–Trinajstić information content (AvgIpc) is 2.36. The highest BCUT2D eigenvalue weighted by molar-refractivity contribution is 7.45. The third kappa shape index (κ3) is 6.34. The fourth-order valence-electron chi connectivity index (χ4n) is 1.75. The molecule has 1 aromatic carbocycles. The average molecular weight is 270 g/mol. The van der Waals surface area contributed by atoms with E-state index in [1.54, 1.807) is 0 Å². The van der Waals surface area contributed by atoms with Gasteiger partial charge in [-0.25, -0.2) is 0 Å². The topological polar surface area (TPSA) is 49.7 Å². The van der Waals surface area contributed by atoms with E-state index in [0.29, 0.717) is 6.16 Å². The first-order valence-electron chi connectivity index (χ1n) is 6.60. The fourth-order valence-corrected chi connectivity index (χ4v) is 2.25. The van der Waals surface area contributed by atoms with E-state index in [-0.39, 0.29) is 0 Å². The number of aryl methyl sites for hydroxylation is 1. The van der Waals surface area contributed by atoms with Crippen LogP contribution < -0.4 is 4.74 Å². The summed E-state index contributed by atoms with van der Waals surface area (Å²) in [5.41, 5.74) is 1.22. The molecule has 0 saturated heterocycles. The predicted molar refractivity (Wildman–Crippen MR) is 76.0 cm³/mol. The largest absolute Gasteiger partial charge is 0.493 e. The van der Waals surface area contributed by atoms with Crippen molar-refractivity contribution in [1.82, 2.24) is 0 Å². The van der Waals surface area contributed by atoms with Crippen LogP contribution in [-0.4, -0.2) is 22.6 Å². The van der Waals surface area contributed by atoms with Crippen LogP contribution in [0.1, 0.15) is 38.2 Å². The van der Waals surface area contributed by atoms with E-state index in [9.17, 15) is 0 Å². The lowest BCUT2D eigenvalue weighted by Crippen LogP contribution is -2.00. The minimum Gasteiger partial charge on any atom is -0.493 e. The van der Waals surface area contributed by atoms with E-state index in [1.165, 1.54) is 5.56 Å². The number of unbranched alkanes of at least 4 members (excludes halogenated alkanes) is 2. The van der Waals surface area contributed by atoms with Crippen molar-refractivity contribution in [1.29, 1.82) is 0 Å². The van der Waals surface area contributed by atoms with Gasteiger partial charge in [-0.15, -0.1) is 0 Å². The Morgan fingerprint density at radius 1 is 1.11 bits per heavy atom. The third-order valence-corrected chi connectivity index (χ3v) is 3.50. The zero-order chi connectivity index (χ0) is 13.2. The van der Waals surface area contributed by atoms with E-state index in [1.807, 2.05) is 18.2 Å². The Balaban J connectivity index is 2.38. The number of ether oxygens (including phenoxy) is 1. The van der Waals surface area contributed by atoms with Gasteiger partial charge in [-0.05, 0) is 37.3 Å². The van der Waals surface area contributed by atoms with Crippen LogP contribution in [0.5, 0.6) is 5.75 Å². The smallest absolute Gasteiger partial charge is 0.164 e. The summed E-state index contributed by atoms with van der Waals surface area (Å²) >= 11 is 0. The number of hydrogen-bond acceptors (Lipinski definition) is 3. The lowest BCUT2D eigenvalue weighted by molar-refractivity contribution is 0.306. The van der Waals surface area contributed by atoms with Crippen LogP contribution in [0, 0.1) is 0 Å². The molecule has 0 saturated carbocycles. The van der Waals surface area contributed by atoms with Gasteiger partial charge in [-0.3, -0.25) is 0 Å². The summed E-state index contributed by atoms with van der Waals surface area (Å²) in [4.78, 5) is 17.7. The molecule has 0 spiro atoms. The van der Waals surface area contributed by atoms with Gasteiger partial charge in [0.05, 0.1) is 6.61 Å². The molecule has 0 fully saturated rings. The first kappa shape index (κ1) is 15.4. The first-order valence-corrected chi connectivity index (χ1v) is 8.03. The van der Waals surface area contributed by atoms with Gasteiger partial charge in [-0.1, -0.05) is 31.5 Å². The molecule has 4 heteroatoms. The number of hydrogen-bond donors (Lipinski definition) is 2. The molecule has 0 bridgehead atoms. The zero-order valence-electron chi connectivity index (χ0n) is 11.0. The Labute approximate surface area is 111 Å². The normalized spacial score (nSPS) is 10.9. The summed E-state index contributed by atoms with van der Waals surface area (Å²) in [6.45, 7) is 2.92. The van der Waals surface area contributed by atoms with Crippen LogP contribution in [0.2, 0.25) is 0 Å². The lowest BCUT2D eigenvalue weighted by Gasteiger charge is -2.11. The van der Waals surface area contributed by atoms with E-state index in [2.05, 4.69) is 13.0 Å². The number of para-hydroxylation sites is 1. The predicted octanol–water partition coefficient (Wildman–Crippen LogP) is 3.48. The molecule has 0 atom stereocenters. The molecule has 0 radical (unpaired) electrons. The molecule has 0 aliphatic rings. The molecule has 2 N–H and O–H groups in total. The first-order chi connectivity index (χ1) is 8.74. The molecule has 1 aromatic rings. The maximum Gasteiger partial charge on any atom is 0.164 e. The zero-order valence-corrected chi connectivity index (χ0v) is 11.9. The van der Waals surface area contributed by atoms with Crippen LogP contribution in [0.4, 0.5) is 0 Å². The van der Waals surface area contributed by atoms with Gasteiger partial charge in [0.15, 0.2) is 8.38 Å². The Morgan fingerprint density at radius 2 is 1.89 bits per heavy atom.